The third kappa shape index (κ3) is 3.44. The van der Waals surface area contributed by atoms with Crippen molar-refractivity contribution in [2.75, 3.05) is 0 Å². The molecule has 4 nitrogen and oxygen atoms in total. The number of hydrogen-bond donors (Lipinski definition) is 1. The monoisotopic (exact) mass is 196 g/mol. The van der Waals surface area contributed by atoms with Gasteiger partial charge in [-0.25, -0.2) is 5.10 Å². The fourth-order valence-electron chi connectivity index (χ4n) is 1.66. The second-order valence-corrected chi connectivity index (χ2v) is 3.77. The highest BCUT2D eigenvalue weighted by Gasteiger charge is 2.13. The first-order valence-corrected chi connectivity index (χ1v) is 5.62. The van der Waals surface area contributed by atoms with Gasteiger partial charge in [0.15, 0.2) is 5.82 Å². The summed E-state index contributed by atoms with van der Waals surface area (Å²) in [4.78, 5) is 0. The minimum atomic E-state index is 0.532. The van der Waals surface area contributed by atoms with Crippen molar-refractivity contribution < 1.29 is 0 Å². The fourth-order valence-corrected chi connectivity index (χ4v) is 1.66. The van der Waals surface area contributed by atoms with Gasteiger partial charge in [-0.3, -0.25) is 0 Å². The van der Waals surface area contributed by atoms with Crippen LogP contribution in [0.2, 0.25) is 0 Å². The second-order valence-electron chi connectivity index (χ2n) is 3.77. The van der Waals surface area contributed by atoms with E-state index < -0.39 is 0 Å². The Morgan fingerprint density at radius 2 is 1.79 bits per heavy atom. The van der Waals surface area contributed by atoms with Crippen molar-refractivity contribution in [3.05, 3.63) is 5.82 Å². The van der Waals surface area contributed by atoms with E-state index in [0.717, 1.165) is 5.82 Å². The molecule has 1 aromatic rings. The van der Waals surface area contributed by atoms with Gasteiger partial charge >= 0.3 is 0 Å². The van der Waals surface area contributed by atoms with Crippen LogP contribution < -0.4 is 0 Å². The SMILES string of the molecule is CCCCC(CCCC)c1nnn[nH]1. The lowest BCUT2D eigenvalue weighted by Crippen LogP contribution is -2.01. The van der Waals surface area contributed by atoms with E-state index in [2.05, 4.69) is 34.5 Å². The summed E-state index contributed by atoms with van der Waals surface area (Å²) in [5.41, 5.74) is 0. The molecule has 0 aliphatic heterocycles. The molecule has 0 fully saturated rings. The molecule has 0 bridgehead atoms. The van der Waals surface area contributed by atoms with Crippen molar-refractivity contribution in [2.24, 2.45) is 0 Å². The van der Waals surface area contributed by atoms with Gasteiger partial charge in [0, 0.05) is 5.92 Å². The van der Waals surface area contributed by atoms with E-state index in [1.54, 1.807) is 0 Å². The summed E-state index contributed by atoms with van der Waals surface area (Å²) in [6, 6.07) is 0. The molecule has 0 amide bonds. The zero-order valence-corrected chi connectivity index (χ0v) is 9.16. The molecule has 0 spiro atoms. The summed E-state index contributed by atoms with van der Waals surface area (Å²) in [5, 5.41) is 14.2. The summed E-state index contributed by atoms with van der Waals surface area (Å²) in [6.45, 7) is 4.44. The summed E-state index contributed by atoms with van der Waals surface area (Å²) in [6.07, 6.45) is 7.40. The van der Waals surface area contributed by atoms with Gasteiger partial charge in [-0.05, 0) is 23.3 Å². The maximum absolute atomic E-state index is 4.01. The molecule has 1 N–H and O–H groups in total. The van der Waals surface area contributed by atoms with E-state index in [1.807, 2.05) is 0 Å². The molecule has 14 heavy (non-hydrogen) atoms. The Bertz CT molecular complexity index is 212. The predicted molar refractivity (Wildman–Crippen MR) is 56.0 cm³/mol. The van der Waals surface area contributed by atoms with Gasteiger partial charge in [-0.15, -0.1) is 5.10 Å². The summed E-state index contributed by atoms with van der Waals surface area (Å²) in [5.74, 6) is 1.50. The lowest BCUT2D eigenvalue weighted by molar-refractivity contribution is 0.503. The Labute approximate surface area is 85.5 Å². The maximum atomic E-state index is 4.01. The number of H-pyrrole nitrogens is 1. The van der Waals surface area contributed by atoms with Crippen molar-refractivity contribution in [3.8, 4) is 0 Å². The van der Waals surface area contributed by atoms with Crippen molar-refractivity contribution >= 4 is 0 Å². The molecule has 0 aromatic carbocycles. The van der Waals surface area contributed by atoms with Crippen LogP contribution in [-0.4, -0.2) is 20.6 Å². The molecule has 4 heteroatoms. The summed E-state index contributed by atoms with van der Waals surface area (Å²) in [7, 11) is 0. The summed E-state index contributed by atoms with van der Waals surface area (Å²) < 4.78 is 0. The van der Waals surface area contributed by atoms with Gasteiger partial charge in [0.25, 0.3) is 0 Å². The average Bonchev–Trinajstić information content (AvgIpc) is 2.71. The number of unbranched alkanes of at least 4 members (excludes halogenated alkanes) is 2. The van der Waals surface area contributed by atoms with Gasteiger partial charge in [-0.2, -0.15) is 0 Å². The van der Waals surface area contributed by atoms with Gasteiger partial charge in [0.1, 0.15) is 0 Å². The molecule has 0 saturated carbocycles. The minimum Gasteiger partial charge on any atom is -0.243 e. The lowest BCUT2D eigenvalue weighted by atomic mass is 9.95. The Kier molecular flexibility index (Phi) is 5.19. The Morgan fingerprint density at radius 3 is 2.21 bits per heavy atom. The number of hydrogen-bond acceptors (Lipinski definition) is 3. The number of rotatable bonds is 7. The van der Waals surface area contributed by atoms with Crippen molar-refractivity contribution in [2.45, 2.75) is 58.3 Å². The molecule has 0 aliphatic rings. The van der Waals surface area contributed by atoms with E-state index in [1.165, 1.54) is 38.5 Å². The smallest absolute Gasteiger partial charge is 0.151 e. The van der Waals surface area contributed by atoms with E-state index in [0.29, 0.717) is 5.92 Å². The maximum Gasteiger partial charge on any atom is 0.151 e. The molecule has 0 radical (unpaired) electrons. The van der Waals surface area contributed by atoms with Crippen LogP contribution >= 0.6 is 0 Å². The van der Waals surface area contributed by atoms with Crippen LogP contribution in [-0.2, 0) is 0 Å². The predicted octanol–water partition coefficient (Wildman–Crippen LogP) is 2.66. The van der Waals surface area contributed by atoms with Gasteiger partial charge < -0.3 is 0 Å². The van der Waals surface area contributed by atoms with Crippen LogP contribution in [0.3, 0.4) is 0 Å². The molecular formula is C10H20N4. The largest absolute Gasteiger partial charge is 0.243 e. The first-order chi connectivity index (χ1) is 6.88. The van der Waals surface area contributed by atoms with Crippen LogP contribution in [0.15, 0.2) is 0 Å². The second kappa shape index (κ2) is 6.51. The third-order valence-electron chi connectivity index (χ3n) is 2.56. The number of aromatic amines is 1. The van der Waals surface area contributed by atoms with Crippen molar-refractivity contribution in [3.63, 3.8) is 0 Å². The van der Waals surface area contributed by atoms with E-state index in [9.17, 15) is 0 Å². The quantitative estimate of drug-likeness (QED) is 0.729. The number of tetrazole rings is 1. The highest BCUT2D eigenvalue weighted by atomic mass is 15.5. The van der Waals surface area contributed by atoms with Crippen molar-refractivity contribution in [1.29, 1.82) is 0 Å². The molecule has 0 aliphatic carbocycles. The molecule has 0 atom stereocenters. The van der Waals surface area contributed by atoms with Crippen molar-refractivity contribution in [1.82, 2.24) is 20.6 Å². The number of nitrogens with zero attached hydrogens (tertiary/aromatic N) is 3. The molecular weight excluding hydrogens is 176 g/mol. The standard InChI is InChI=1S/C10H20N4/c1-3-5-7-9(8-6-4-2)10-11-13-14-12-10/h9H,3-8H2,1-2H3,(H,11,12,13,14). The van der Waals surface area contributed by atoms with Crippen LogP contribution in [0.25, 0.3) is 0 Å². The average molecular weight is 196 g/mol. The van der Waals surface area contributed by atoms with Gasteiger partial charge in [0.05, 0.1) is 0 Å². The van der Waals surface area contributed by atoms with Crippen LogP contribution in [0.1, 0.15) is 64.1 Å². The fraction of sp³-hybridized carbons (Fsp3) is 0.900. The summed E-state index contributed by atoms with van der Waals surface area (Å²) >= 11 is 0. The molecule has 1 rings (SSSR count). The van der Waals surface area contributed by atoms with E-state index in [4.69, 9.17) is 0 Å². The van der Waals surface area contributed by atoms with Crippen LogP contribution in [0, 0.1) is 0 Å². The lowest BCUT2D eigenvalue weighted by Gasteiger charge is -2.11. The molecule has 80 valence electrons. The Hall–Kier alpha value is -0.930. The minimum absolute atomic E-state index is 0.532. The molecule has 1 aromatic heterocycles. The topological polar surface area (TPSA) is 54.5 Å². The molecule has 1 heterocycles. The first kappa shape index (κ1) is 11.1. The highest BCUT2D eigenvalue weighted by Crippen LogP contribution is 2.23. The Morgan fingerprint density at radius 1 is 1.14 bits per heavy atom. The Balaban J connectivity index is 2.44. The highest BCUT2D eigenvalue weighted by molar-refractivity contribution is 4.90. The molecule has 0 saturated heterocycles. The zero-order chi connectivity index (χ0) is 10.2. The first-order valence-electron chi connectivity index (χ1n) is 5.62. The van der Waals surface area contributed by atoms with Crippen LogP contribution in [0.4, 0.5) is 0 Å². The third-order valence-corrected chi connectivity index (χ3v) is 2.56. The van der Waals surface area contributed by atoms with E-state index >= 15 is 0 Å². The number of nitrogens with one attached hydrogen (secondary N) is 1. The van der Waals surface area contributed by atoms with Gasteiger partial charge in [0.2, 0.25) is 0 Å². The normalized spacial score (nSPS) is 11.1. The molecule has 0 unspecified atom stereocenters. The number of aromatic nitrogens is 4. The van der Waals surface area contributed by atoms with Gasteiger partial charge in [-0.1, -0.05) is 39.5 Å². The van der Waals surface area contributed by atoms with E-state index in [-0.39, 0.29) is 0 Å². The van der Waals surface area contributed by atoms with Crippen LogP contribution in [0.5, 0.6) is 0 Å². The zero-order valence-electron chi connectivity index (χ0n) is 9.16.